The predicted octanol–water partition coefficient (Wildman–Crippen LogP) is 6.93. The first-order valence-corrected chi connectivity index (χ1v) is 14.9. The van der Waals surface area contributed by atoms with Crippen molar-refractivity contribution in [2.45, 2.75) is 78.6 Å². The van der Waals surface area contributed by atoms with Crippen LogP contribution in [0.5, 0.6) is 5.88 Å². The summed E-state index contributed by atoms with van der Waals surface area (Å²) in [5.74, 6) is 0.517. The predicted molar refractivity (Wildman–Crippen MR) is 145 cm³/mol. The van der Waals surface area contributed by atoms with E-state index in [4.69, 9.17) is 13.9 Å². The highest BCUT2D eigenvalue weighted by atomic mass is 28.4. The number of ether oxygens (including phenoxy) is 2. The molecule has 0 saturated carbocycles. The molecule has 0 aliphatic rings. The first kappa shape index (κ1) is 28.5. The number of hydrogen-bond donors (Lipinski definition) is 1. The van der Waals surface area contributed by atoms with Crippen molar-refractivity contribution in [2.24, 2.45) is 0 Å². The van der Waals surface area contributed by atoms with Crippen LogP contribution >= 0.6 is 0 Å². The smallest absolute Gasteiger partial charge is 0.412 e. The first-order chi connectivity index (χ1) is 16.1. The zero-order valence-electron chi connectivity index (χ0n) is 22.7. The Labute approximate surface area is 211 Å². The Hall–Kier alpha value is -2.71. The van der Waals surface area contributed by atoms with Crippen LogP contribution in [-0.4, -0.2) is 43.2 Å². The lowest BCUT2D eigenvalue weighted by atomic mass is 10.0. The van der Waals surface area contributed by atoms with E-state index in [1.54, 1.807) is 6.20 Å². The molecule has 0 bridgehead atoms. The number of carbonyl (C=O) groups is 1. The van der Waals surface area contributed by atoms with Gasteiger partial charge in [0.25, 0.3) is 0 Å². The van der Waals surface area contributed by atoms with Crippen molar-refractivity contribution in [1.29, 1.82) is 0 Å². The first-order valence-electron chi connectivity index (χ1n) is 12.0. The summed E-state index contributed by atoms with van der Waals surface area (Å²) >= 11 is 0. The molecule has 2 heterocycles. The average Bonchev–Trinajstić information content (AvgIpc) is 2.70. The van der Waals surface area contributed by atoms with E-state index in [-0.39, 0.29) is 5.04 Å². The van der Waals surface area contributed by atoms with Crippen molar-refractivity contribution in [3.63, 3.8) is 0 Å². The van der Waals surface area contributed by atoms with Gasteiger partial charge in [-0.25, -0.2) is 9.78 Å². The largest absolute Gasteiger partial charge is 0.475 e. The molecule has 2 aromatic rings. The van der Waals surface area contributed by atoms with Gasteiger partial charge in [-0.3, -0.25) is 10.3 Å². The van der Waals surface area contributed by atoms with Crippen molar-refractivity contribution >= 4 is 20.1 Å². The van der Waals surface area contributed by atoms with E-state index < -0.39 is 20.0 Å². The molecule has 7 nitrogen and oxygen atoms in total. The normalized spacial score (nSPS) is 12.3. The van der Waals surface area contributed by atoms with Crippen LogP contribution < -0.4 is 10.1 Å². The van der Waals surface area contributed by atoms with Gasteiger partial charge in [0.2, 0.25) is 5.88 Å². The summed E-state index contributed by atoms with van der Waals surface area (Å²) in [6.45, 7) is 23.2. The number of amides is 1. The van der Waals surface area contributed by atoms with Gasteiger partial charge in [0.15, 0.2) is 8.32 Å². The van der Waals surface area contributed by atoms with Crippen LogP contribution in [0, 0.1) is 6.92 Å². The number of aromatic nitrogens is 2. The number of nitrogens with one attached hydrogen (secondary N) is 1. The summed E-state index contributed by atoms with van der Waals surface area (Å²) in [5.41, 5.74) is 3.39. The monoisotopic (exact) mass is 499 g/mol. The topological polar surface area (TPSA) is 82.6 Å². The zero-order chi connectivity index (χ0) is 26.4. The van der Waals surface area contributed by atoms with Gasteiger partial charge < -0.3 is 13.9 Å². The molecule has 0 unspecified atom stereocenters. The standard InChI is InChI=1S/C27H41N3O4Si/c1-11-12-21-15-20(16-24(29-21)32-13-14-33-35(9,10)27(6,7)8)23-17-22(18-28-19(23)2)30-25(31)34-26(3,4)5/h11,15-18H,1,12-14H2,2-10H3,(H,30,31). The minimum absolute atomic E-state index is 0.144. The highest BCUT2D eigenvalue weighted by molar-refractivity contribution is 6.74. The van der Waals surface area contributed by atoms with Crippen LogP contribution in [0.15, 0.2) is 37.1 Å². The molecule has 1 N–H and O–H groups in total. The summed E-state index contributed by atoms with van der Waals surface area (Å²) in [4.78, 5) is 21.3. The van der Waals surface area contributed by atoms with E-state index in [1.165, 1.54) is 0 Å². The van der Waals surface area contributed by atoms with Crippen molar-refractivity contribution < 1.29 is 18.7 Å². The SMILES string of the molecule is C=CCc1cc(-c2cc(NC(=O)OC(C)(C)C)cnc2C)cc(OCCO[Si](C)(C)C(C)(C)C)n1. The van der Waals surface area contributed by atoms with Gasteiger partial charge >= 0.3 is 6.09 Å². The van der Waals surface area contributed by atoms with Gasteiger partial charge in [-0.1, -0.05) is 26.8 Å². The molecular weight excluding hydrogens is 458 g/mol. The van der Waals surface area contributed by atoms with Crippen LogP contribution in [-0.2, 0) is 15.6 Å². The molecule has 0 saturated heterocycles. The summed E-state index contributed by atoms with van der Waals surface area (Å²) in [5, 5.41) is 2.90. The lowest BCUT2D eigenvalue weighted by Gasteiger charge is -2.36. The molecule has 0 aliphatic heterocycles. The third-order valence-electron chi connectivity index (χ3n) is 5.85. The molecular formula is C27H41N3O4Si. The van der Waals surface area contributed by atoms with Crippen LogP contribution in [0.25, 0.3) is 11.1 Å². The van der Waals surface area contributed by atoms with Crippen LogP contribution in [0.1, 0.15) is 52.9 Å². The van der Waals surface area contributed by atoms with Gasteiger partial charge in [-0.15, -0.1) is 6.58 Å². The summed E-state index contributed by atoms with van der Waals surface area (Å²) in [7, 11) is -1.84. The lowest BCUT2D eigenvalue weighted by Crippen LogP contribution is -2.41. The minimum Gasteiger partial charge on any atom is -0.475 e. The molecule has 0 aromatic carbocycles. The lowest BCUT2D eigenvalue weighted by molar-refractivity contribution is 0.0636. The molecule has 8 heteroatoms. The molecule has 0 radical (unpaired) electrons. The van der Waals surface area contributed by atoms with Gasteiger partial charge in [-0.2, -0.15) is 0 Å². The Balaban J connectivity index is 2.24. The molecule has 2 rings (SSSR count). The second kappa shape index (κ2) is 11.3. The highest BCUT2D eigenvalue weighted by Crippen LogP contribution is 2.36. The number of anilines is 1. The van der Waals surface area contributed by atoms with Gasteiger partial charge in [0.1, 0.15) is 12.2 Å². The number of nitrogens with zero attached hydrogens (tertiary/aromatic N) is 2. The maximum Gasteiger partial charge on any atom is 0.412 e. The van der Waals surface area contributed by atoms with E-state index in [0.717, 1.165) is 22.5 Å². The van der Waals surface area contributed by atoms with Crippen molar-refractivity contribution in [1.82, 2.24) is 9.97 Å². The van der Waals surface area contributed by atoms with Crippen LogP contribution in [0.4, 0.5) is 10.5 Å². The fourth-order valence-electron chi connectivity index (χ4n) is 3.02. The minimum atomic E-state index is -1.84. The van der Waals surface area contributed by atoms with Crippen molar-refractivity contribution in [3.05, 3.63) is 48.4 Å². The molecule has 0 spiro atoms. The van der Waals surface area contributed by atoms with Crippen molar-refractivity contribution in [3.8, 4) is 17.0 Å². The van der Waals surface area contributed by atoms with Crippen molar-refractivity contribution in [2.75, 3.05) is 18.5 Å². The van der Waals surface area contributed by atoms with E-state index in [9.17, 15) is 4.79 Å². The van der Waals surface area contributed by atoms with Gasteiger partial charge in [0.05, 0.1) is 18.5 Å². The number of pyridine rings is 2. The maximum atomic E-state index is 12.2. The Morgan fingerprint density at radius 1 is 1.11 bits per heavy atom. The number of hydrogen-bond acceptors (Lipinski definition) is 6. The average molecular weight is 500 g/mol. The van der Waals surface area contributed by atoms with Crippen LogP contribution in [0.2, 0.25) is 18.1 Å². The number of rotatable bonds is 9. The Morgan fingerprint density at radius 3 is 2.40 bits per heavy atom. The summed E-state index contributed by atoms with van der Waals surface area (Å²) < 4.78 is 17.6. The van der Waals surface area contributed by atoms with E-state index in [2.05, 4.69) is 55.7 Å². The van der Waals surface area contributed by atoms with E-state index in [0.29, 0.717) is 31.2 Å². The third kappa shape index (κ3) is 8.78. The molecule has 1 amide bonds. The molecule has 0 atom stereocenters. The number of allylic oxidation sites excluding steroid dienone is 1. The zero-order valence-corrected chi connectivity index (χ0v) is 23.7. The second-order valence-electron chi connectivity index (χ2n) is 11.1. The molecule has 192 valence electrons. The third-order valence-corrected chi connectivity index (χ3v) is 10.4. The highest BCUT2D eigenvalue weighted by Gasteiger charge is 2.36. The second-order valence-corrected chi connectivity index (χ2v) is 15.9. The summed E-state index contributed by atoms with van der Waals surface area (Å²) in [6, 6.07) is 5.76. The summed E-state index contributed by atoms with van der Waals surface area (Å²) in [6.07, 6.45) is 3.50. The van der Waals surface area contributed by atoms with Gasteiger partial charge in [-0.05, 0) is 63.5 Å². The van der Waals surface area contributed by atoms with E-state index >= 15 is 0 Å². The maximum absolute atomic E-state index is 12.2. The number of aryl methyl sites for hydroxylation is 1. The van der Waals surface area contributed by atoms with Crippen LogP contribution in [0.3, 0.4) is 0 Å². The van der Waals surface area contributed by atoms with E-state index in [1.807, 2.05) is 52.0 Å². The van der Waals surface area contributed by atoms with Gasteiger partial charge in [0, 0.05) is 29.4 Å². The quantitative estimate of drug-likeness (QED) is 0.229. The Bertz CT molecular complexity index is 1040. The fraction of sp³-hybridized carbons (Fsp3) is 0.519. The Morgan fingerprint density at radius 2 is 1.80 bits per heavy atom. The molecule has 35 heavy (non-hydrogen) atoms. The molecule has 0 fully saturated rings. The number of carbonyl (C=O) groups excluding carboxylic acids is 1. The Kier molecular flexibility index (Phi) is 9.25. The molecule has 0 aliphatic carbocycles. The molecule has 2 aromatic heterocycles. The fourth-order valence-corrected chi connectivity index (χ4v) is 4.04.